The zero-order valence-electron chi connectivity index (χ0n) is 12.2. The number of hydrogen-bond donors (Lipinski definition) is 1. The molecular formula is C17H19NO3. The summed E-state index contributed by atoms with van der Waals surface area (Å²) >= 11 is 0. The second-order valence-corrected chi connectivity index (χ2v) is 5.58. The Kier molecular flexibility index (Phi) is 4.58. The number of nitrogens with zero attached hydrogens (tertiary/aromatic N) is 1. The maximum Gasteiger partial charge on any atom is 0.323 e. The van der Waals surface area contributed by atoms with Gasteiger partial charge in [0.2, 0.25) is 0 Å². The number of carboxylic acid groups (broad SMARTS) is 1. The van der Waals surface area contributed by atoms with Crippen molar-refractivity contribution in [3.63, 3.8) is 0 Å². The average molecular weight is 285 g/mol. The van der Waals surface area contributed by atoms with E-state index in [0.717, 1.165) is 17.5 Å². The van der Waals surface area contributed by atoms with E-state index in [2.05, 4.69) is 26.0 Å². The van der Waals surface area contributed by atoms with Crippen molar-refractivity contribution in [3.8, 4) is 11.1 Å². The number of hydrogen-bond acceptors (Lipinski definition) is 2. The third-order valence-electron chi connectivity index (χ3n) is 3.19. The van der Waals surface area contributed by atoms with E-state index >= 15 is 0 Å². The lowest BCUT2D eigenvalue weighted by Gasteiger charge is -2.09. The fraction of sp³-hybridized carbons (Fsp3) is 0.294. The summed E-state index contributed by atoms with van der Waals surface area (Å²) in [7, 11) is 0. The van der Waals surface area contributed by atoms with Crippen molar-refractivity contribution in [2.24, 2.45) is 5.92 Å². The highest BCUT2D eigenvalue weighted by Crippen LogP contribution is 2.20. The lowest BCUT2D eigenvalue weighted by Crippen LogP contribution is -2.22. The van der Waals surface area contributed by atoms with Crippen LogP contribution >= 0.6 is 0 Å². The van der Waals surface area contributed by atoms with Crippen LogP contribution in [0.15, 0.2) is 47.4 Å². The molecule has 0 spiro atoms. The van der Waals surface area contributed by atoms with Gasteiger partial charge in [0.05, 0.1) is 0 Å². The van der Waals surface area contributed by atoms with Crippen LogP contribution in [0.5, 0.6) is 0 Å². The molecule has 4 heteroatoms. The van der Waals surface area contributed by atoms with E-state index in [1.54, 1.807) is 12.3 Å². The molecule has 1 aromatic carbocycles. The molecule has 0 amide bonds. The normalized spacial score (nSPS) is 10.8. The van der Waals surface area contributed by atoms with Gasteiger partial charge in [0.1, 0.15) is 6.54 Å². The fourth-order valence-corrected chi connectivity index (χ4v) is 2.32. The van der Waals surface area contributed by atoms with Crippen LogP contribution in [0, 0.1) is 5.92 Å². The number of aromatic nitrogens is 1. The van der Waals surface area contributed by atoms with Gasteiger partial charge in [-0.2, -0.15) is 0 Å². The lowest BCUT2D eigenvalue weighted by atomic mass is 9.99. The summed E-state index contributed by atoms with van der Waals surface area (Å²) in [5.74, 6) is -0.455. The fourth-order valence-electron chi connectivity index (χ4n) is 2.32. The van der Waals surface area contributed by atoms with Crippen LogP contribution in [0.4, 0.5) is 0 Å². The minimum absolute atomic E-state index is 0.306. The van der Waals surface area contributed by atoms with Crippen LogP contribution < -0.4 is 5.56 Å². The minimum Gasteiger partial charge on any atom is -0.480 e. The highest BCUT2D eigenvalue weighted by atomic mass is 16.4. The first-order chi connectivity index (χ1) is 9.95. The molecule has 2 rings (SSSR count). The first-order valence-electron chi connectivity index (χ1n) is 6.97. The zero-order chi connectivity index (χ0) is 15.4. The van der Waals surface area contributed by atoms with Crippen LogP contribution in [0.1, 0.15) is 19.4 Å². The number of aliphatic carboxylic acids is 1. The second-order valence-electron chi connectivity index (χ2n) is 5.58. The van der Waals surface area contributed by atoms with E-state index in [0.29, 0.717) is 5.92 Å². The number of pyridine rings is 1. The Bertz CT molecular complexity index is 701. The largest absolute Gasteiger partial charge is 0.480 e. The number of carboxylic acids is 1. The summed E-state index contributed by atoms with van der Waals surface area (Å²) in [4.78, 5) is 22.4. The van der Waals surface area contributed by atoms with Crippen molar-refractivity contribution < 1.29 is 9.90 Å². The van der Waals surface area contributed by atoms with Gasteiger partial charge in [0.25, 0.3) is 5.56 Å². The third-order valence-corrected chi connectivity index (χ3v) is 3.19. The van der Waals surface area contributed by atoms with E-state index < -0.39 is 5.97 Å². The Morgan fingerprint density at radius 2 is 1.95 bits per heavy atom. The molecule has 1 heterocycles. The molecule has 0 bridgehead atoms. The summed E-state index contributed by atoms with van der Waals surface area (Å²) in [5, 5.41) is 8.84. The molecule has 0 unspecified atom stereocenters. The number of benzene rings is 1. The molecule has 0 aliphatic heterocycles. The summed E-state index contributed by atoms with van der Waals surface area (Å²) in [5.41, 5.74) is 2.77. The molecule has 0 fully saturated rings. The molecule has 4 nitrogen and oxygen atoms in total. The van der Waals surface area contributed by atoms with E-state index in [1.807, 2.05) is 12.1 Å². The van der Waals surface area contributed by atoms with Crippen LogP contribution in [0.2, 0.25) is 0 Å². The Labute approximate surface area is 123 Å². The van der Waals surface area contributed by atoms with E-state index in [-0.39, 0.29) is 12.1 Å². The molecule has 0 radical (unpaired) electrons. The van der Waals surface area contributed by atoms with Gasteiger partial charge in [0, 0.05) is 12.3 Å². The predicted molar refractivity (Wildman–Crippen MR) is 82.3 cm³/mol. The predicted octanol–water partition coefficient (Wildman–Crippen LogP) is 2.80. The first kappa shape index (κ1) is 15.0. The van der Waals surface area contributed by atoms with Crippen molar-refractivity contribution >= 4 is 5.97 Å². The van der Waals surface area contributed by atoms with Gasteiger partial charge in [-0.25, -0.2) is 0 Å². The van der Waals surface area contributed by atoms with Gasteiger partial charge in [-0.15, -0.1) is 0 Å². The van der Waals surface area contributed by atoms with E-state index in [4.69, 9.17) is 5.11 Å². The van der Waals surface area contributed by atoms with E-state index in [9.17, 15) is 9.59 Å². The van der Waals surface area contributed by atoms with Crippen molar-refractivity contribution in [1.82, 2.24) is 4.57 Å². The quantitative estimate of drug-likeness (QED) is 0.919. The lowest BCUT2D eigenvalue weighted by molar-refractivity contribution is -0.137. The minimum atomic E-state index is -1.03. The summed E-state index contributed by atoms with van der Waals surface area (Å²) < 4.78 is 1.22. The molecule has 1 N–H and O–H groups in total. The first-order valence-corrected chi connectivity index (χ1v) is 6.97. The van der Waals surface area contributed by atoms with Gasteiger partial charge in [-0.05, 0) is 35.1 Å². The SMILES string of the molecule is CC(C)Cc1cccc(-c2ccc(=O)n(CC(=O)O)c2)c1. The van der Waals surface area contributed by atoms with Crippen molar-refractivity contribution in [1.29, 1.82) is 0 Å². The summed E-state index contributed by atoms with van der Waals surface area (Å²) in [6, 6.07) is 11.3. The highest BCUT2D eigenvalue weighted by molar-refractivity contribution is 5.67. The molecule has 0 saturated carbocycles. The molecule has 0 atom stereocenters. The molecule has 0 saturated heterocycles. The van der Waals surface area contributed by atoms with Gasteiger partial charge in [-0.1, -0.05) is 38.1 Å². The molecule has 21 heavy (non-hydrogen) atoms. The Balaban J connectivity index is 2.37. The maximum absolute atomic E-state index is 11.7. The van der Waals surface area contributed by atoms with Gasteiger partial charge >= 0.3 is 5.97 Å². The van der Waals surface area contributed by atoms with Gasteiger partial charge < -0.3 is 9.67 Å². The number of rotatable bonds is 5. The van der Waals surface area contributed by atoms with Crippen LogP contribution in [-0.4, -0.2) is 15.6 Å². The zero-order valence-corrected chi connectivity index (χ0v) is 12.2. The molecule has 2 aromatic rings. The standard InChI is InChI=1S/C17H19NO3/c1-12(2)8-13-4-3-5-14(9-13)15-6-7-16(19)18(10-15)11-17(20)21/h3-7,9-10,12H,8,11H2,1-2H3,(H,20,21). The highest BCUT2D eigenvalue weighted by Gasteiger charge is 2.06. The van der Waals surface area contributed by atoms with Gasteiger partial charge in [0.15, 0.2) is 0 Å². The van der Waals surface area contributed by atoms with Crippen molar-refractivity contribution in [3.05, 3.63) is 58.5 Å². The molecule has 0 aliphatic carbocycles. The second kappa shape index (κ2) is 6.39. The summed E-state index contributed by atoms with van der Waals surface area (Å²) in [6.07, 6.45) is 2.59. The van der Waals surface area contributed by atoms with Crippen LogP contribution in [0.25, 0.3) is 11.1 Å². The average Bonchev–Trinajstić information content (AvgIpc) is 2.40. The monoisotopic (exact) mass is 285 g/mol. The number of carbonyl (C=O) groups is 1. The van der Waals surface area contributed by atoms with Gasteiger partial charge in [-0.3, -0.25) is 9.59 Å². The van der Waals surface area contributed by atoms with E-state index in [1.165, 1.54) is 16.2 Å². The third kappa shape index (κ3) is 4.05. The Morgan fingerprint density at radius 3 is 2.62 bits per heavy atom. The molecule has 0 aliphatic rings. The summed E-state index contributed by atoms with van der Waals surface area (Å²) in [6.45, 7) is 4.01. The van der Waals surface area contributed by atoms with Crippen molar-refractivity contribution in [2.75, 3.05) is 0 Å². The Morgan fingerprint density at radius 1 is 1.19 bits per heavy atom. The Hall–Kier alpha value is -2.36. The van der Waals surface area contributed by atoms with Crippen LogP contribution in [-0.2, 0) is 17.8 Å². The maximum atomic E-state index is 11.7. The topological polar surface area (TPSA) is 59.3 Å². The molecule has 1 aromatic heterocycles. The molecular weight excluding hydrogens is 266 g/mol. The molecule has 110 valence electrons. The van der Waals surface area contributed by atoms with Crippen molar-refractivity contribution in [2.45, 2.75) is 26.8 Å². The van der Waals surface area contributed by atoms with Crippen LogP contribution in [0.3, 0.4) is 0 Å². The smallest absolute Gasteiger partial charge is 0.323 e.